The standard InChI is InChI=1S/C19H18N2O3/c1-3-4-12-24-14-10-8-13(9-11-14)18-20-16-7-5-6-15(17(16)21-18)19(22)23-2/h3-11H,12H2,1-2H3,(H,20,21). The van der Waals surface area contributed by atoms with E-state index in [9.17, 15) is 4.79 Å². The van der Waals surface area contributed by atoms with E-state index in [-0.39, 0.29) is 0 Å². The summed E-state index contributed by atoms with van der Waals surface area (Å²) in [6.07, 6.45) is 3.89. The molecule has 5 nitrogen and oxygen atoms in total. The van der Waals surface area contributed by atoms with Crippen molar-refractivity contribution in [1.29, 1.82) is 0 Å². The summed E-state index contributed by atoms with van der Waals surface area (Å²) in [5.74, 6) is 1.09. The maximum absolute atomic E-state index is 11.8. The number of rotatable bonds is 5. The number of esters is 1. The Morgan fingerprint density at radius 2 is 2.00 bits per heavy atom. The fraction of sp³-hybridized carbons (Fsp3) is 0.158. The first-order valence-corrected chi connectivity index (χ1v) is 7.64. The van der Waals surface area contributed by atoms with Crippen LogP contribution in [0.2, 0.25) is 0 Å². The summed E-state index contributed by atoms with van der Waals surface area (Å²) in [5.41, 5.74) is 2.76. The number of methoxy groups -OCH3 is 1. The van der Waals surface area contributed by atoms with Gasteiger partial charge in [0.1, 0.15) is 23.7 Å². The van der Waals surface area contributed by atoms with E-state index in [2.05, 4.69) is 9.97 Å². The quantitative estimate of drug-likeness (QED) is 0.570. The van der Waals surface area contributed by atoms with E-state index in [4.69, 9.17) is 9.47 Å². The smallest absolute Gasteiger partial charge is 0.340 e. The van der Waals surface area contributed by atoms with Gasteiger partial charge in [0.05, 0.1) is 18.2 Å². The van der Waals surface area contributed by atoms with Crippen LogP contribution < -0.4 is 4.74 Å². The highest BCUT2D eigenvalue weighted by Crippen LogP contribution is 2.25. The number of carbonyl (C=O) groups is 1. The minimum absolute atomic E-state index is 0.397. The van der Waals surface area contributed by atoms with Gasteiger partial charge in [-0.25, -0.2) is 9.78 Å². The molecule has 0 saturated carbocycles. The average Bonchev–Trinajstić information content (AvgIpc) is 3.06. The van der Waals surface area contributed by atoms with E-state index in [0.717, 1.165) is 16.8 Å². The zero-order chi connectivity index (χ0) is 16.9. The van der Waals surface area contributed by atoms with Gasteiger partial charge in [0.2, 0.25) is 0 Å². The summed E-state index contributed by atoms with van der Waals surface area (Å²) >= 11 is 0. The molecule has 0 aliphatic heterocycles. The highest BCUT2D eigenvalue weighted by atomic mass is 16.5. The third-order valence-corrected chi connectivity index (χ3v) is 3.63. The molecule has 24 heavy (non-hydrogen) atoms. The number of hydrogen-bond acceptors (Lipinski definition) is 4. The Morgan fingerprint density at radius 1 is 1.21 bits per heavy atom. The number of aromatic amines is 1. The Labute approximate surface area is 139 Å². The molecular weight excluding hydrogens is 304 g/mol. The fourth-order valence-corrected chi connectivity index (χ4v) is 2.39. The van der Waals surface area contributed by atoms with Crippen LogP contribution in [0.25, 0.3) is 22.4 Å². The maximum Gasteiger partial charge on any atom is 0.340 e. The first-order chi connectivity index (χ1) is 11.7. The van der Waals surface area contributed by atoms with Crippen molar-refractivity contribution >= 4 is 17.0 Å². The number of imidazole rings is 1. The van der Waals surface area contributed by atoms with E-state index in [1.807, 2.05) is 49.4 Å². The van der Waals surface area contributed by atoms with E-state index >= 15 is 0 Å². The number of H-pyrrole nitrogens is 1. The van der Waals surface area contributed by atoms with Gasteiger partial charge < -0.3 is 14.5 Å². The first kappa shape index (κ1) is 15.8. The number of carbonyl (C=O) groups excluding carboxylic acids is 1. The van der Waals surface area contributed by atoms with Crippen molar-refractivity contribution in [1.82, 2.24) is 9.97 Å². The molecule has 0 atom stereocenters. The normalized spacial score (nSPS) is 11.1. The van der Waals surface area contributed by atoms with Gasteiger partial charge in [0.15, 0.2) is 0 Å². The van der Waals surface area contributed by atoms with Crippen molar-refractivity contribution < 1.29 is 14.3 Å². The summed E-state index contributed by atoms with van der Waals surface area (Å²) in [4.78, 5) is 19.6. The van der Waals surface area contributed by atoms with E-state index in [0.29, 0.717) is 23.5 Å². The lowest BCUT2D eigenvalue weighted by atomic mass is 10.2. The number of ether oxygens (including phenoxy) is 2. The molecule has 0 bridgehead atoms. The molecule has 0 amide bonds. The third-order valence-electron chi connectivity index (χ3n) is 3.63. The van der Waals surface area contributed by atoms with Crippen LogP contribution >= 0.6 is 0 Å². The Kier molecular flexibility index (Phi) is 4.61. The minimum Gasteiger partial charge on any atom is -0.490 e. The second-order valence-corrected chi connectivity index (χ2v) is 5.18. The zero-order valence-corrected chi connectivity index (χ0v) is 13.6. The average molecular weight is 322 g/mol. The number of para-hydroxylation sites is 1. The van der Waals surface area contributed by atoms with Crippen LogP contribution in [0.15, 0.2) is 54.6 Å². The Balaban J connectivity index is 1.91. The molecular formula is C19H18N2O3. The molecule has 1 N–H and O–H groups in total. The van der Waals surface area contributed by atoms with Crippen LogP contribution in [0.3, 0.4) is 0 Å². The molecule has 1 aromatic heterocycles. The summed E-state index contributed by atoms with van der Waals surface area (Å²) in [6, 6.07) is 13.0. The molecule has 3 rings (SSSR count). The zero-order valence-electron chi connectivity index (χ0n) is 13.6. The molecule has 0 aliphatic rings. The number of aromatic nitrogens is 2. The van der Waals surface area contributed by atoms with Crippen LogP contribution in [0.5, 0.6) is 5.75 Å². The second kappa shape index (κ2) is 7.00. The number of benzene rings is 2. The molecule has 1 heterocycles. The Hall–Kier alpha value is -3.08. The second-order valence-electron chi connectivity index (χ2n) is 5.18. The SMILES string of the molecule is CC=CCOc1ccc(-c2nc3c(C(=O)OC)cccc3[nH]2)cc1. The summed E-state index contributed by atoms with van der Waals surface area (Å²) in [7, 11) is 1.36. The lowest BCUT2D eigenvalue weighted by molar-refractivity contribution is 0.0603. The number of fused-ring (bicyclic) bond motifs is 1. The molecule has 0 radical (unpaired) electrons. The number of allylic oxidation sites excluding steroid dienone is 1. The summed E-state index contributed by atoms with van der Waals surface area (Å²) < 4.78 is 10.4. The van der Waals surface area contributed by atoms with Gasteiger partial charge in [0.25, 0.3) is 0 Å². The highest BCUT2D eigenvalue weighted by molar-refractivity contribution is 6.02. The molecule has 2 aromatic carbocycles. The van der Waals surface area contributed by atoms with Gasteiger partial charge >= 0.3 is 5.97 Å². The predicted octanol–water partition coefficient (Wildman–Crippen LogP) is 3.97. The van der Waals surface area contributed by atoms with Crippen molar-refractivity contribution in [3.05, 3.63) is 60.2 Å². The Bertz CT molecular complexity index is 879. The van der Waals surface area contributed by atoms with Crippen molar-refractivity contribution in [3.63, 3.8) is 0 Å². The number of nitrogens with one attached hydrogen (secondary N) is 1. The van der Waals surface area contributed by atoms with Crippen molar-refractivity contribution in [2.75, 3.05) is 13.7 Å². The van der Waals surface area contributed by atoms with Gasteiger partial charge in [-0.1, -0.05) is 18.2 Å². The van der Waals surface area contributed by atoms with Crippen LogP contribution in [0.1, 0.15) is 17.3 Å². The fourth-order valence-electron chi connectivity index (χ4n) is 2.39. The highest BCUT2D eigenvalue weighted by Gasteiger charge is 2.14. The van der Waals surface area contributed by atoms with E-state index in [1.165, 1.54) is 7.11 Å². The summed E-state index contributed by atoms with van der Waals surface area (Å²) in [5, 5.41) is 0. The number of nitrogens with zero attached hydrogens (tertiary/aromatic N) is 1. The van der Waals surface area contributed by atoms with Crippen molar-refractivity contribution in [2.45, 2.75) is 6.92 Å². The monoisotopic (exact) mass is 322 g/mol. The van der Waals surface area contributed by atoms with Gasteiger partial charge in [-0.05, 0) is 43.3 Å². The minimum atomic E-state index is -0.397. The lowest BCUT2D eigenvalue weighted by Gasteiger charge is -2.03. The molecule has 0 saturated heterocycles. The van der Waals surface area contributed by atoms with Gasteiger partial charge in [0, 0.05) is 5.56 Å². The first-order valence-electron chi connectivity index (χ1n) is 7.64. The van der Waals surface area contributed by atoms with Crippen LogP contribution in [0.4, 0.5) is 0 Å². The number of hydrogen-bond donors (Lipinski definition) is 1. The van der Waals surface area contributed by atoms with Crippen LogP contribution in [-0.4, -0.2) is 29.7 Å². The molecule has 3 aromatic rings. The summed E-state index contributed by atoms with van der Waals surface area (Å²) in [6.45, 7) is 2.50. The van der Waals surface area contributed by atoms with Gasteiger partial charge in [-0.2, -0.15) is 0 Å². The van der Waals surface area contributed by atoms with Crippen molar-refractivity contribution in [2.24, 2.45) is 0 Å². The molecule has 0 aliphatic carbocycles. The third kappa shape index (κ3) is 3.15. The predicted molar refractivity (Wildman–Crippen MR) is 93.2 cm³/mol. The van der Waals surface area contributed by atoms with Gasteiger partial charge in [-0.3, -0.25) is 0 Å². The lowest BCUT2D eigenvalue weighted by Crippen LogP contribution is -2.01. The topological polar surface area (TPSA) is 64.2 Å². The van der Waals surface area contributed by atoms with E-state index in [1.54, 1.807) is 12.1 Å². The van der Waals surface area contributed by atoms with E-state index < -0.39 is 5.97 Å². The molecule has 0 fully saturated rings. The van der Waals surface area contributed by atoms with Gasteiger partial charge in [-0.15, -0.1) is 0 Å². The largest absolute Gasteiger partial charge is 0.490 e. The molecule has 122 valence electrons. The van der Waals surface area contributed by atoms with Crippen LogP contribution in [-0.2, 0) is 4.74 Å². The molecule has 0 unspecified atom stereocenters. The maximum atomic E-state index is 11.8. The molecule has 0 spiro atoms. The molecule has 5 heteroatoms. The Morgan fingerprint density at radius 3 is 2.71 bits per heavy atom. The van der Waals surface area contributed by atoms with Crippen LogP contribution in [0, 0.1) is 0 Å². The van der Waals surface area contributed by atoms with Crippen molar-refractivity contribution in [3.8, 4) is 17.1 Å².